The molecule has 3 nitrogen and oxygen atoms in total. The maximum atomic E-state index is 7.82. The van der Waals surface area contributed by atoms with Gasteiger partial charge in [0.05, 0.1) is 10.2 Å². The van der Waals surface area contributed by atoms with Crippen LogP contribution in [0.1, 0.15) is 12.5 Å². The fraction of sp³-hybridized carbons (Fsp3) is 0.200. The van der Waals surface area contributed by atoms with Crippen molar-refractivity contribution in [1.29, 1.82) is 5.41 Å². The number of hydrogen-bond acceptors (Lipinski definition) is 3. The summed E-state index contributed by atoms with van der Waals surface area (Å²) in [6, 6.07) is 3.67. The van der Waals surface area contributed by atoms with Crippen LogP contribution in [0.5, 0.6) is 0 Å². The van der Waals surface area contributed by atoms with E-state index in [0.717, 1.165) is 16.6 Å². The highest BCUT2D eigenvalue weighted by atomic mass is 79.9. The number of nitrogens with zero attached hydrogens (tertiary/aromatic N) is 1. The lowest BCUT2D eigenvalue weighted by molar-refractivity contribution is 0.919. The van der Waals surface area contributed by atoms with Gasteiger partial charge in [0, 0.05) is 30.7 Å². The maximum absolute atomic E-state index is 7.82. The molecule has 0 fully saturated rings. The van der Waals surface area contributed by atoms with E-state index in [0.29, 0.717) is 5.71 Å². The molecule has 0 bridgehead atoms. The van der Waals surface area contributed by atoms with Gasteiger partial charge in [-0.1, -0.05) is 0 Å². The number of halogens is 1. The molecule has 0 aliphatic rings. The maximum Gasteiger partial charge on any atom is 0.0784 e. The zero-order valence-corrected chi connectivity index (χ0v) is 9.51. The van der Waals surface area contributed by atoms with Crippen molar-refractivity contribution in [2.75, 3.05) is 6.54 Å². The van der Waals surface area contributed by atoms with Crippen LogP contribution in [0, 0.1) is 5.41 Å². The average Bonchev–Trinajstić information content (AvgIpc) is 2.26. The summed E-state index contributed by atoms with van der Waals surface area (Å²) in [5.74, 6) is 0. The molecule has 74 valence electrons. The van der Waals surface area contributed by atoms with Crippen molar-refractivity contribution in [3.8, 4) is 0 Å². The fourth-order valence-electron chi connectivity index (χ4n) is 0.912. The molecule has 2 N–H and O–H groups in total. The Hall–Kier alpha value is -1.16. The molecule has 1 rings (SSSR count). The zero-order valence-electron chi connectivity index (χ0n) is 7.92. The summed E-state index contributed by atoms with van der Waals surface area (Å²) < 4.78 is 0.729. The highest BCUT2D eigenvalue weighted by Gasteiger charge is 2.03. The second kappa shape index (κ2) is 5.54. The Bertz CT molecular complexity index is 332. The van der Waals surface area contributed by atoms with E-state index in [1.807, 2.05) is 19.1 Å². The minimum atomic E-state index is 0.430. The summed E-state index contributed by atoms with van der Waals surface area (Å²) in [6.45, 7) is 2.85. The van der Waals surface area contributed by atoms with Crippen molar-refractivity contribution < 1.29 is 0 Å². The second-order valence-electron chi connectivity index (χ2n) is 2.67. The predicted molar refractivity (Wildman–Crippen MR) is 61.8 cm³/mol. The quantitative estimate of drug-likeness (QED) is 0.810. The van der Waals surface area contributed by atoms with Gasteiger partial charge < -0.3 is 5.32 Å². The number of pyridine rings is 1. The van der Waals surface area contributed by atoms with E-state index in [-0.39, 0.29) is 0 Å². The highest BCUT2D eigenvalue weighted by Crippen LogP contribution is 2.11. The first-order valence-corrected chi connectivity index (χ1v) is 5.13. The van der Waals surface area contributed by atoms with Crippen LogP contribution < -0.4 is 5.32 Å². The number of hydrogen-bond donors (Lipinski definition) is 2. The lowest BCUT2D eigenvalue weighted by atomic mass is 10.2. The topological polar surface area (TPSA) is 48.8 Å². The first-order chi connectivity index (χ1) is 6.75. The average molecular weight is 254 g/mol. The minimum Gasteiger partial charge on any atom is -0.390 e. The van der Waals surface area contributed by atoms with Crippen LogP contribution in [0.4, 0.5) is 0 Å². The third kappa shape index (κ3) is 2.96. The SMILES string of the molecule is CCN/C=C(/Br)C(=N)c1cccnc1. The molecule has 1 heterocycles. The Labute approximate surface area is 91.9 Å². The summed E-state index contributed by atoms with van der Waals surface area (Å²) >= 11 is 3.33. The van der Waals surface area contributed by atoms with Gasteiger partial charge >= 0.3 is 0 Å². The summed E-state index contributed by atoms with van der Waals surface area (Å²) in [7, 11) is 0. The van der Waals surface area contributed by atoms with E-state index in [2.05, 4.69) is 26.2 Å². The molecule has 0 aliphatic carbocycles. The van der Waals surface area contributed by atoms with Crippen LogP contribution in [0.15, 0.2) is 35.2 Å². The first-order valence-electron chi connectivity index (χ1n) is 4.34. The molecule has 0 spiro atoms. The van der Waals surface area contributed by atoms with Crippen molar-refractivity contribution in [1.82, 2.24) is 10.3 Å². The monoisotopic (exact) mass is 253 g/mol. The van der Waals surface area contributed by atoms with E-state index >= 15 is 0 Å². The van der Waals surface area contributed by atoms with Gasteiger partial charge in [0.15, 0.2) is 0 Å². The van der Waals surface area contributed by atoms with Crippen molar-refractivity contribution in [2.24, 2.45) is 0 Å². The molecule has 0 radical (unpaired) electrons. The third-order valence-corrected chi connectivity index (χ3v) is 2.25. The van der Waals surface area contributed by atoms with E-state index in [1.165, 1.54) is 0 Å². The highest BCUT2D eigenvalue weighted by molar-refractivity contribution is 9.12. The molecular weight excluding hydrogens is 242 g/mol. The number of rotatable bonds is 4. The van der Waals surface area contributed by atoms with E-state index in [1.54, 1.807) is 18.6 Å². The second-order valence-corrected chi connectivity index (χ2v) is 3.52. The van der Waals surface area contributed by atoms with Crippen molar-refractivity contribution in [3.63, 3.8) is 0 Å². The van der Waals surface area contributed by atoms with Gasteiger partial charge in [0.2, 0.25) is 0 Å². The van der Waals surface area contributed by atoms with Gasteiger partial charge in [-0.2, -0.15) is 0 Å². The normalized spacial score (nSPS) is 11.1. The third-order valence-electron chi connectivity index (χ3n) is 1.62. The molecule has 0 atom stereocenters. The van der Waals surface area contributed by atoms with Gasteiger partial charge in [0.1, 0.15) is 0 Å². The molecule has 4 heteroatoms. The fourth-order valence-corrected chi connectivity index (χ4v) is 1.30. The molecule has 1 aromatic heterocycles. The molecule has 0 amide bonds. The largest absolute Gasteiger partial charge is 0.390 e. The molecule has 0 aromatic carbocycles. The van der Waals surface area contributed by atoms with Gasteiger partial charge in [-0.25, -0.2) is 0 Å². The van der Waals surface area contributed by atoms with Crippen LogP contribution in [0.3, 0.4) is 0 Å². The van der Waals surface area contributed by atoms with E-state index in [4.69, 9.17) is 5.41 Å². The Morgan fingerprint density at radius 3 is 3.07 bits per heavy atom. The summed E-state index contributed by atoms with van der Waals surface area (Å²) in [6.07, 6.45) is 5.14. The molecule has 0 aliphatic heterocycles. The van der Waals surface area contributed by atoms with Crippen LogP contribution in [0.2, 0.25) is 0 Å². The van der Waals surface area contributed by atoms with Gasteiger partial charge in [0.25, 0.3) is 0 Å². The molecule has 0 unspecified atom stereocenters. The summed E-state index contributed by atoms with van der Waals surface area (Å²) in [5.41, 5.74) is 1.23. The van der Waals surface area contributed by atoms with E-state index < -0.39 is 0 Å². The lowest BCUT2D eigenvalue weighted by Crippen LogP contribution is -2.07. The minimum absolute atomic E-state index is 0.430. The van der Waals surface area contributed by atoms with Crippen molar-refractivity contribution >= 4 is 21.6 Å². The lowest BCUT2D eigenvalue weighted by Gasteiger charge is -2.02. The Balaban J connectivity index is 2.76. The standard InChI is InChI=1S/C10H12BrN3/c1-2-13-7-9(11)10(12)8-4-3-5-14-6-8/h3-7,12-13H,2H2,1H3/b9-7+,12-10?. The first kappa shape index (κ1) is 10.9. The predicted octanol–water partition coefficient (Wildman–Crippen LogP) is 2.30. The van der Waals surface area contributed by atoms with Crippen molar-refractivity contribution in [3.05, 3.63) is 40.8 Å². The summed E-state index contributed by atoms with van der Waals surface area (Å²) in [5, 5.41) is 10.8. The number of allylic oxidation sites excluding steroid dienone is 1. The van der Waals surface area contributed by atoms with Crippen molar-refractivity contribution in [2.45, 2.75) is 6.92 Å². The summed E-state index contributed by atoms with van der Waals surface area (Å²) in [4.78, 5) is 3.96. The van der Waals surface area contributed by atoms with Crippen LogP contribution in [-0.2, 0) is 0 Å². The molecular formula is C10H12BrN3. The smallest absolute Gasteiger partial charge is 0.0784 e. The number of nitrogens with one attached hydrogen (secondary N) is 2. The Kier molecular flexibility index (Phi) is 4.32. The molecule has 0 saturated heterocycles. The van der Waals surface area contributed by atoms with E-state index in [9.17, 15) is 0 Å². The van der Waals surface area contributed by atoms with Gasteiger partial charge in [-0.05, 0) is 35.0 Å². The molecule has 14 heavy (non-hydrogen) atoms. The Morgan fingerprint density at radius 1 is 1.71 bits per heavy atom. The Morgan fingerprint density at radius 2 is 2.50 bits per heavy atom. The van der Waals surface area contributed by atoms with Crippen LogP contribution >= 0.6 is 15.9 Å². The molecule has 1 aromatic rings. The molecule has 0 saturated carbocycles. The number of aromatic nitrogens is 1. The van der Waals surface area contributed by atoms with Crippen LogP contribution in [0.25, 0.3) is 0 Å². The van der Waals surface area contributed by atoms with Crippen LogP contribution in [-0.4, -0.2) is 17.2 Å². The zero-order chi connectivity index (χ0) is 10.4. The van der Waals surface area contributed by atoms with Gasteiger partial charge in [-0.3, -0.25) is 10.4 Å². The van der Waals surface area contributed by atoms with Gasteiger partial charge in [-0.15, -0.1) is 0 Å².